The van der Waals surface area contributed by atoms with Gasteiger partial charge in [0.15, 0.2) is 0 Å². The Morgan fingerprint density at radius 2 is 1.79 bits per heavy atom. The summed E-state index contributed by atoms with van der Waals surface area (Å²) in [6.07, 6.45) is 1.72. The van der Waals surface area contributed by atoms with Crippen LogP contribution in [0.1, 0.15) is 22.3 Å². The predicted octanol–water partition coefficient (Wildman–Crippen LogP) is 4.94. The Kier molecular flexibility index (Phi) is 5.91. The van der Waals surface area contributed by atoms with Gasteiger partial charge < -0.3 is 5.32 Å². The van der Waals surface area contributed by atoms with Crippen LogP contribution in [0.25, 0.3) is 6.08 Å². The largest absolute Gasteiger partial charge is 0.323 e. The maximum absolute atomic E-state index is 12.7. The molecule has 0 radical (unpaired) electrons. The van der Waals surface area contributed by atoms with E-state index in [9.17, 15) is 14.4 Å². The molecule has 0 aromatic heterocycles. The lowest BCUT2D eigenvalue weighted by Gasteiger charge is -2.13. The van der Waals surface area contributed by atoms with Gasteiger partial charge in [-0.25, -0.2) is 0 Å². The highest BCUT2D eigenvalue weighted by atomic mass is 35.5. The molecule has 0 spiro atoms. The summed E-state index contributed by atoms with van der Waals surface area (Å²) in [5.74, 6) is -0.956. The number of amides is 3. The Morgan fingerprint density at radius 1 is 1.14 bits per heavy atom. The second kappa shape index (κ2) is 8.20. The van der Waals surface area contributed by atoms with E-state index in [1.165, 1.54) is 0 Å². The molecule has 28 heavy (non-hydrogen) atoms. The molecule has 1 fully saturated rings. The standard InChI is InChI=1S/C21H19ClN2O3S/c1-12-8-13(2)15(14(3)9-12)10-18-20(26)24(21(27)28-18)11-19(25)23-17-7-5-4-6-16(17)22/h4-10H,11H2,1-3H3,(H,23,25)/b18-10+. The molecule has 1 heterocycles. The van der Waals surface area contributed by atoms with Crippen molar-refractivity contribution in [2.45, 2.75) is 20.8 Å². The molecule has 3 amide bonds. The molecule has 1 N–H and O–H groups in total. The van der Waals surface area contributed by atoms with Crippen LogP contribution in [-0.2, 0) is 9.59 Å². The lowest BCUT2D eigenvalue weighted by Crippen LogP contribution is -2.36. The van der Waals surface area contributed by atoms with E-state index in [1.807, 2.05) is 32.9 Å². The first-order chi connectivity index (χ1) is 13.3. The van der Waals surface area contributed by atoms with Gasteiger partial charge in [-0.05, 0) is 67.4 Å². The highest BCUT2D eigenvalue weighted by Crippen LogP contribution is 2.33. The number of rotatable bonds is 4. The predicted molar refractivity (Wildman–Crippen MR) is 113 cm³/mol. The summed E-state index contributed by atoms with van der Waals surface area (Å²) in [6.45, 7) is 5.58. The van der Waals surface area contributed by atoms with Gasteiger partial charge in [-0.3, -0.25) is 19.3 Å². The lowest BCUT2D eigenvalue weighted by atomic mass is 9.99. The zero-order valence-electron chi connectivity index (χ0n) is 15.7. The molecule has 0 unspecified atom stereocenters. The van der Waals surface area contributed by atoms with Crippen LogP contribution in [0.3, 0.4) is 0 Å². The number of carbonyl (C=O) groups is 3. The minimum atomic E-state index is -0.487. The van der Waals surface area contributed by atoms with Crippen LogP contribution in [0.5, 0.6) is 0 Å². The normalized spacial score (nSPS) is 15.4. The van der Waals surface area contributed by atoms with Crippen molar-refractivity contribution in [2.24, 2.45) is 0 Å². The van der Waals surface area contributed by atoms with E-state index in [0.717, 1.165) is 38.9 Å². The fourth-order valence-electron chi connectivity index (χ4n) is 3.08. The summed E-state index contributed by atoms with van der Waals surface area (Å²) in [6, 6.07) is 10.8. The number of aryl methyl sites for hydroxylation is 3. The number of nitrogens with zero attached hydrogens (tertiary/aromatic N) is 1. The topological polar surface area (TPSA) is 66.5 Å². The van der Waals surface area contributed by atoms with E-state index in [2.05, 4.69) is 5.32 Å². The fourth-order valence-corrected chi connectivity index (χ4v) is 4.09. The van der Waals surface area contributed by atoms with E-state index in [-0.39, 0.29) is 6.54 Å². The summed E-state index contributed by atoms with van der Waals surface area (Å²) < 4.78 is 0. The Balaban J connectivity index is 1.77. The fraction of sp³-hybridized carbons (Fsp3) is 0.190. The number of benzene rings is 2. The van der Waals surface area contributed by atoms with Gasteiger partial charge in [0.25, 0.3) is 11.1 Å². The number of imide groups is 1. The van der Waals surface area contributed by atoms with Crippen LogP contribution in [0.4, 0.5) is 10.5 Å². The Labute approximate surface area is 172 Å². The maximum atomic E-state index is 12.7. The van der Waals surface area contributed by atoms with Gasteiger partial charge in [0.2, 0.25) is 5.91 Å². The molecule has 0 atom stereocenters. The van der Waals surface area contributed by atoms with E-state index in [4.69, 9.17) is 11.6 Å². The van der Waals surface area contributed by atoms with Crippen LogP contribution in [0.2, 0.25) is 5.02 Å². The molecule has 0 bridgehead atoms. The van der Waals surface area contributed by atoms with E-state index >= 15 is 0 Å². The SMILES string of the molecule is Cc1cc(C)c(/C=C2/SC(=O)N(CC(=O)Nc3ccccc3Cl)C2=O)c(C)c1. The minimum Gasteiger partial charge on any atom is -0.323 e. The number of hydrogen-bond acceptors (Lipinski definition) is 4. The van der Waals surface area contributed by atoms with Gasteiger partial charge in [-0.15, -0.1) is 0 Å². The Bertz CT molecular complexity index is 993. The van der Waals surface area contributed by atoms with Crippen molar-refractivity contribution in [3.05, 3.63) is 68.6 Å². The smallest absolute Gasteiger partial charge is 0.294 e. The average Bonchev–Trinajstić information content (AvgIpc) is 2.87. The van der Waals surface area contributed by atoms with Crippen molar-refractivity contribution in [3.8, 4) is 0 Å². The molecule has 144 valence electrons. The van der Waals surface area contributed by atoms with Crippen LogP contribution < -0.4 is 5.32 Å². The molecule has 1 aliphatic heterocycles. The molecule has 1 saturated heterocycles. The Morgan fingerprint density at radius 3 is 2.43 bits per heavy atom. The van der Waals surface area contributed by atoms with Crippen LogP contribution in [0, 0.1) is 20.8 Å². The minimum absolute atomic E-state index is 0.311. The average molecular weight is 415 g/mol. The molecule has 0 aliphatic carbocycles. The van der Waals surface area contributed by atoms with Crippen LogP contribution >= 0.6 is 23.4 Å². The van der Waals surface area contributed by atoms with Crippen LogP contribution in [0.15, 0.2) is 41.3 Å². The first-order valence-corrected chi connectivity index (χ1v) is 9.83. The highest BCUT2D eigenvalue weighted by Gasteiger charge is 2.36. The van der Waals surface area contributed by atoms with E-state index in [0.29, 0.717) is 15.6 Å². The van der Waals surface area contributed by atoms with Crippen LogP contribution in [-0.4, -0.2) is 28.5 Å². The molecular weight excluding hydrogens is 396 g/mol. The summed E-state index contributed by atoms with van der Waals surface area (Å²) >= 11 is 6.86. The third kappa shape index (κ3) is 4.29. The third-order valence-electron chi connectivity index (χ3n) is 4.34. The molecular formula is C21H19ClN2O3S. The van der Waals surface area contributed by atoms with Gasteiger partial charge >= 0.3 is 0 Å². The van der Waals surface area contributed by atoms with Gasteiger partial charge in [0, 0.05) is 0 Å². The highest BCUT2D eigenvalue weighted by molar-refractivity contribution is 8.18. The van der Waals surface area contributed by atoms with Crippen molar-refractivity contribution in [3.63, 3.8) is 0 Å². The van der Waals surface area contributed by atoms with Gasteiger partial charge in [-0.1, -0.05) is 41.4 Å². The molecule has 2 aromatic carbocycles. The monoisotopic (exact) mass is 414 g/mol. The van der Waals surface area contributed by atoms with Gasteiger partial charge in [0.05, 0.1) is 15.6 Å². The number of carbonyl (C=O) groups excluding carboxylic acids is 3. The zero-order chi connectivity index (χ0) is 20.4. The van der Waals surface area contributed by atoms with Crippen molar-refractivity contribution >= 4 is 52.2 Å². The van der Waals surface area contributed by atoms with Gasteiger partial charge in [-0.2, -0.15) is 0 Å². The van der Waals surface area contributed by atoms with Crippen molar-refractivity contribution in [2.75, 3.05) is 11.9 Å². The number of nitrogens with one attached hydrogen (secondary N) is 1. The zero-order valence-corrected chi connectivity index (χ0v) is 17.3. The van der Waals surface area contributed by atoms with Crippen molar-refractivity contribution in [1.82, 2.24) is 4.90 Å². The molecule has 5 nitrogen and oxygen atoms in total. The molecule has 3 rings (SSSR count). The molecule has 1 aliphatic rings. The van der Waals surface area contributed by atoms with Crippen molar-refractivity contribution in [1.29, 1.82) is 0 Å². The first kappa shape index (κ1) is 20.2. The third-order valence-corrected chi connectivity index (χ3v) is 5.57. The maximum Gasteiger partial charge on any atom is 0.294 e. The van der Waals surface area contributed by atoms with E-state index in [1.54, 1.807) is 30.3 Å². The van der Waals surface area contributed by atoms with Crippen molar-refractivity contribution < 1.29 is 14.4 Å². The lowest BCUT2D eigenvalue weighted by molar-refractivity contribution is -0.127. The summed E-state index contributed by atoms with van der Waals surface area (Å²) in [7, 11) is 0. The summed E-state index contributed by atoms with van der Waals surface area (Å²) in [5, 5.41) is 2.54. The second-order valence-electron chi connectivity index (χ2n) is 6.61. The number of para-hydroxylation sites is 1. The Hall–Kier alpha value is -2.57. The second-order valence-corrected chi connectivity index (χ2v) is 8.01. The molecule has 0 saturated carbocycles. The number of halogens is 1. The molecule has 2 aromatic rings. The number of hydrogen-bond donors (Lipinski definition) is 1. The summed E-state index contributed by atoms with van der Waals surface area (Å²) in [5.41, 5.74) is 4.54. The first-order valence-electron chi connectivity index (χ1n) is 8.64. The van der Waals surface area contributed by atoms with E-state index < -0.39 is 17.1 Å². The number of anilines is 1. The molecule has 7 heteroatoms. The van der Waals surface area contributed by atoms with Gasteiger partial charge in [0.1, 0.15) is 6.54 Å². The quantitative estimate of drug-likeness (QED) is 0.719. The summed E-state index contributed by atoms with van der Waals surface area (Å²) in [4.78, 5) is 38.5. The number of thioether (sulfide) groups is 1.